The molecule has 3 nitrogen and oxygen atoms in total. The monoisotopic (exact) mass is 206 g/mol. The summed E-state index contributed by atoms with van der Waals surface area (Å²) in [5.41, 5.74) is 0. The summed E-state index contributed by atoms with van der Waals surface area (Å²) in [6.07, 6.45) is 1.07. The Balaban J connectivity index is 2.35. The molecule has 2 atom stereocenters. The van der Waals surface area contributed by atoms with E-state index in [2.05, 4.69) is 0 Å². The number of alkyl halides is 1. The molecule has 0 bridgehead atoms. The highest BCUT2D eigenvalue weighted by molar-refractivity contribution is 6.18. The number of rotatable bonds is 4. The molecule has 2 unspecified atom stereocenters. The van der Waals surface area contributed by atoms with E-state index in [9.17, 15) is 4.79 Å². The second-order valence-corrected chi connectivity index (χ2v) is 3.85. The Hall–Kier alpha value is -0.120. The molecule has 0 aliphatic carbocycles. The Bertz CT molecular complexity index is 195. The number of carbonyl (C=O) groups excluding carboxylic acids is 1. The average Bonchev–Trinajstić information content (AvgIpc) is 2.45. The number of halogens is 1. The third kappa shape index (κ3) is 3.25. The third-order valence-corrected chi connectivity index (χ3v) is 2.44. The predicted octanol–water partition coefficient (Wildman–Crippen LogP) is 1.73. The van der Waals surface area contributed by atoms with Gasteiger partial charge >= 0.3 is 0 Å². The van der Waals surface area contributed by atoms with Crippen molar-refractivity contribution in [2.75, 3.05) is 12.5 Å². The van der Waals surface area contributed by atoms with Gasteiger partial charge in [0.2, 0.25) is 0 Å². The van der Waals surface area contributed by atoms with Crippen molar-refractivity contribution in [3.63, 3.8) is 0 Å². The molecule has 0 radical (unpaired) electrons. The van der Waals surface area contributed by atoms with Gasteiger partial charge in [0.15, 0.2) is 5.79 Å². The Morgan fingerprint density at radius 1 is 1.69 bits per heavy atom. The number of hydrogen-bond acceptors (Lipinski definition) is 3. The van der Waals surface area contributed by atoms with E-state index < -0.39 is 5.79 Å². The second kappa shape index (κ2) is 4.40. The summed E-state index contributed by atoms with van der Waals surface area (Å²) in [6, 6.07) is 0. The zero-order valence-electron chi connectivity index (χ0n) is 8.01. The molecule has 1 heterocycles. The molecule has 1 rings (SSSR count). The molecule has 0 saturated carbocycles. The van der Waals surface area contributed by atoms with Gasteiger partial charge in [-0.1, -0.05) is 0 Å². The standard InChI is InChI=1S/C9H15ClO3/c1-7(11)3-4-9(2)12-6-8(5-10)13-9/h8H,3-6H2,1-2H3. The molecule has 76 valence electrons. The van der Waals surface area contributed by atoms with Crippen LogP contribution in [0.2, 0.25) is 0 Å². The molecule has 0 N–H and O–H groups in total. The summed E-state index contributed by atoms with van der Waals surface area (Å²) in [4.78, 5) is 10.8. The number of carbonyl (C=O) groups is 1. The summed E-state index contributed by atoms with van der Waals surface area (Å²) in [5, 5.41) is 0. The fraction of sp³-hybridized carbons (Fsp3) is 0.889. The van der Waals surface area contributed by atoms with Gasteiger partial charge < -0.3 is 14.3 Å². The number of Topliss-reactive ketones (excluding diaryl/α,β-unsaturated/α-hetero) is 1. The third-order valence-electron chi connectivity index (χ3n) is 2.09. The molecule has 0 aromatic rings. The van der Waals surface area contributed by atoms with Crippen LogP contribution in [0.5, 0.6) is 0 Å². The Labute approximate surface area is 83.3 Å². The molecule has 0 spiro atoms. The Kier molecular flexibility index (Phi) is 3.71. The van der Waals surface area contributed by atoms with Gasteiger partial charge in [-0.15, -0.1) is 11.6 Å². The molecule has 0 aromatic carbocycles. The number of ketones is 1. The number of ether oxygens (including phenoxy) is 2. The summed E-state index contributed by atoms with van der Waals surface area (Å²) in [6.45, 7) is 3.94. The molecular formula is C9H15ClO3. The van der Waals surface area contributed by atoms with E-state index in [-0.39, 0.29) is 11.9 Å². The lowest BCUT2D eigenvalue weighted by molar-refractivity contribution is -0.159. The van der Waals surface area contributed by atoms with E-state index in [4.69, 9.17) is 21.1 Å². The van der Waals surface area contributed by atoms with Crippen LogP contribution in [0.15, 0.2) is 0 Å². The molecule has 1 fully saturated rings. The van der Waals surface area contributed by atoms with Crippen molar-refractivity contribution in [1.29, 1.82) is 0 Å². The zero-order chi connectivity index (χ0) is 9.90. The topological polar surface area (TPSA) is 35.5 Å². The van der Waals surface area contributed by atoms with Gasteiger partial charge in [-0.05, 0) is 13.8 Å². The summed E-state index contributed by atoms with van der Waals surface area (Å²) < 4.78 is 11.0. The van der Waals surface area contributed by atoms with Gasteiger partial charge in [0.1, 0.15) is 5.78 Å². The van der Waals surface area contributed by atoms with Crippen LogP contribution in [0.25, 0.3) is 0 Å². The smallest absolute Gasteiger partial charge is 0.166 e. The van der Waals surface area contributed by atoms with Crippen LogP contribution in [0, 0.1) is 0 Å². The van der Waals surface area contributed by atoms with Crippen LogP contribution in [0.1, 0.15) is 26.7 Å². The summed E-state index contributed by atoms with van der Waals surface area (Å²) in [7, 11) is 0. The molecule has 1 aliphatic heterocycles. The first-order valence-electron chi connectivity index (χ1n) is 4.43. The summed E-state index contributed by atoms with van der Waals surface area (Å²) >= 11 is 5.63. The van der Waals surface area contributed by atoms with Crippen LogP contribution in [-0.2, 0) is 14.3 Å². The van der Waals surface area contributed by atoms with Crippen molar-refractivity contribution in [2.24, 2.45) is 0 Å². The number of hydrogen-bond donors (Lipinski definition) is 0. The zero-order valence-corrected chi connectivity index (χ0v) is 8.76. The van der Waals surface area contributed by atoms with Gasteiger partial charge in [0.25, 0.3) is 0 Å². The van der Waals surface area contributed by atoms with Crippen molar-refractivity contribution in [2.45, 2.75) is 38.6 Å². The molecule has 0 amide bonds. The van der Waals surface area contributed by atoms with Gasteiger partial charge in [-0.3, -0.25) is 0 Å². The van der Waals surface area contributed by atoms with Gasteiger partial charge in [-0.25, -0.2) is 0 Å². The van der Waals surface area contributed by atoms with Crippen LogP contribution < -0.4 is 0 Å². The van der Waals surface area contributed by atoms with Crippen molar-refractivity contribution < 1.29 is 14.3 Å². The summed E-state index contributed by atoms with van der Waals surface area (Å²) in [5.74, 6) is -0.0105. The van der Waals surface area contributed by atoms with E-state index in [1.807, 2.05) is 6.92 Å². The van der Waals surface area contributed by atoms with Gasteiger partial charge in [-0.2, -0.15) is 0 Å². The Morgan fingerprint density at radius 3 is 2.85 bits per heavy atom. The highest BCUT2D eigenvalue weighted by atomic mass is 35.5. The van der Waals surface area contributed by atoms with Crippen molar-refractivity contribution in [3.8, 4) is 0 Å². The maximum Gasteiger partial charge on any atom is 0.166 e. The lowest BCUT2D eigenvalue weighted by Crippen LogP contribution is -2.27. The van der Waals surface area contributed by atoms with E-state index in [1.54, 1.807) is 6.92 Å². The van der Waals surface area contributed by atoms with Gasteiger partial charge in [0.05, 0.1) is 18.6 Å². The van der Waals surface area contributed by atoms with Crippen molar-refractivity contribution in [1.82, 2.24) is 0 Å². The fourth-order valence-electron chi connectivity index (χ4n) is 1.30. The van der Waals surface area contributed by atoms with Crippen LogP contribution in [0.4, 0.5) is 0 Å². The first-order chi connectivity index (χ1) is 6.06. The Morgan fingerprint density at radius 2 is 2.38 bits per heavy atom. The first kappa shape index (κ1) is 11.0. The van der Waals surface area contributed by atoms with Crippen LogP contribution in [-0.4, -0.2) is 30.2 Å². The van der Waals surface area contributed by atoms with Crippen LogP contribution in [0.3, 0.4) is 0 Å². The van der Waals surface area contributed by atoms with E-state index in [1.165, 1.54) is 0 Å². The molecule has 13 heavy (non-hydrogen) atoms. The minimum atomic E-state index is -0.606. The minimum absolute atomic E-state index is 0.0291. The average molecular weight is 207 g/mol. The lowest BCUT2D eigenvalue weighted by atomic mass is 10.1. The molecule has 1 aliphatic rings. The first-order valence-corrected chi connectivity index (χ1v) is 4.96. The largest absolute Gasteiger partial charge is 0.347 e. The normalized spacial score (nSPS) is 33.6. The molecule has 1 saturated heterocycles. The van der Waals surface area contributed by atoms with E-state index >= 15 is 0 Å². The molecule has 4 heteroatoms. The predicted molar refractivity (Wildman–Crippen MR) is 49.9 cm³/mol. The quantitative estimate of drug-likeness (QED) is 0.658. The lowest BCUT2D eigenvalue weighted by Gasteiger charge is -2.22. The second-order valence-electron chi connectivity index (χ2n) is 3.54. The highest BCUT2D eigenvalue weighted by Gasteiger charge is 2.36. The van der Waals surface area contributed by atoms with Crippen molar-refractivity contribution >= 4 is 17.4 Å². The maximum atomic E-state index is 10.8. The van der Waals surface area contributed by atoms with Crippen LogP contribution >= 0.6 is 11.6 Å². The van der Waals surface area contributed by atoms with Gasteiger partial charge in [0, 0.05) is 12.8 Å². The highest BCUT2D eigenvalue weighted by Crippen LogP contribution is 2.28. The minimum Gasteiger partial charge on any atom is -0.347 e. The van der Waals surface area contributed by atoms with Crippen molar-refractivity contribution in [3.05, 3.63) is 0 Å². The molecule has 0 aromatic heterocycles. The van der Waals surface area contributed by atoms with E-state index in [0.717, 1.165) is 0 Å². The molecular weight excluding hydrogens is 192 g/mol. The maximum absolute atomic E-state index is 10.8. The van der Waals surface area contributed by atoms with E-state index in [0.29, 0.717) is 25.3 Å². The fourth-order valence-corrected chi connectivity index (χ4v) is 1.45. The SMILES string of the molecule is CC(=O)CCC1(C)OCC(CCl)O1.